The summed E-state index contributed by atoms with van der Waals surface area (Å²) in [7, 11) is 0. The van der Waals surface area contributed by atoms with Gasteiger partial charge in [0, 0.05) is 23.6 Å². The highest BCUT2D eigenvalue weighted by molar-refractivity contribution is 5.79. The molecule has 6 nitrogen and oxygen atoms in total. The van der Waals surface area contributed by atoms with E-state index in [4.69, 9.17) is 9.47 Å². The molecule has 1 aliphatic carbocycles. The van der Waals surface area contributed by atoms with Crippen LogP contribution in [0.1, 0.15) is 60.6 Å². The molecule has 2 aromatic rings. The maximum atomic E-state index is 13.6. The van der Waals surface area contributed by atoms with Gasteiger partial charge in [-0.2, -0.15) is 13.2 Å². The fourth-order valence-electron chi connectivity index (χ4n) is 5.05. The summed E-state index contributed by atoms with van der Waals surface area (Å²) < 4.78 is 64.4. The molecule has 0 bridgehead atoms. The number of aliphatic hydroxyl groups excluding tert-OH is 1. The molecule has 3 N–H and O–H groups in total. The topological polar surface area (TPSA) is 88.0 Å². The number of benzene rings is 2. The van der Waals surface area contributed by atoms with Crippen molar-refractivity contribution in [1.82, 2.24) is 5.32 Å². The number of aryl methyl sites for hydroxylation is 1. The van der Waals surface area contributed by atoms with E-state index >= 15 is 0 Å². The number of halogens is 4. The molecule has 1 heterocycles. The Bertz CT molecular complexity index is 1180. The van der Waals surface area contributed by atoms with Crippen molar-refractivity contribution in [2.45, 2.75) is 70.1 Å². The van der Waals surface area contributed by atoms with Crippen molar-refractivity contribution in [3.05, 3.63) is 64.0 Å². The van der Waals surface area contributed by atoms with Gasteiger partial charge in [-0.1, -0.05) is 18.2 Å². The number of alkyl halides is 3. The Morgan fingerprint density at radius 1 is 1.22 bits per heavy atom. The van der Waals surface area contributed by atoms with Crippen molar-refractivity contribution in [2.75, 3.05) is 13.2 Å². The second kappa shape index (κ2) is 9.89. The first-order chi connectivity index (χ1) is 17.2. The summed E-state index contributed by atoms with van der Waals surface area (Å²) in [5.41, 5.74) is 0.944. The quantitative estimate of drug-likeness (QED) is 0.388. The van der Waals surface area contributed by atoms with Gasteiger partial charge in [0.25, 0.3) is 0 Å². The molecule has 37 heavy (non-hydrogen) atoms. The minimum Gasteiger partial charge on any atom is -0.488 e. The molecule has 0 radical (unpaired) electrons. The number of carbonyl (C=O) groups is 1. The number of ether oxygens (including phenoxy) is 2. The van der Waals surface area contributed by atoms with Crippen LogP contribution in [0.4, 0.5) is 17.6 Å². The Morgan fingerprint density at radius 3 is 2.57 bits per heavy atom. The number of rotatable bonds is 10. The normalized spacial score (nSPS) is 22.1. The van der Waals surface area contributed by atoms with Crippen LogP contribution < -0.4 is 10.1 Å². The maximum Gasteiger partial charge on any atom is 0.419 e. The van der Waals surface area contributed by atoms with E-state index < -0.39 is 47.2 Å². The molecule has 1 aliphatic heterocycles. The van der Waals surface area contributed by atoms with Gasteiger partial charge in [-0.05, 0) is 62.9 Å². The average molecular weight is 526 g/mol. The summed E-state index contributed by atoms with van der Waals surface area (Å²) in [6.07, 6.45) is -6.28. The molecule has 2 aromatic carbocycles. The number of nitrogens with one attached hydrogen (secondary N) is 1. The number of hydrogen-bond donors (Lipinski definition) is 3. The average Bonchev–Trinajstić information content (AvgIpc) is 3.39. The van der Waals surface area contributed by atoms with E-state index in [-0.39, 0.29) is 31.6 Å². The standard InChI is InChI=1S/C27H31F4NO5/c1-13-5-7-17(20-21-22(25(34)35)24(21)37-23(13)20)14(2)36-12-16(33)11-32-26(3,4)10-15-6-8-19(28)18(9-15)27(29,30)31/h5-9,14,16,21-22,24,32-33H,10-12H2,1-4H3,(H,34,35)/t14-,16?,21+,22+,24+/m1/s1. The van der Waals surface area contributed by atoms with Gasteiger partial charge in [0.1, 0.15) is 23.6 Å². The predicted molar refractivity (Wildman–Crippen MR) is 127 cm³/mol. The molecule has 0 spiro atoms. The highest BCUT2D eigenvalue weighted by Gasteiger charge is 2.64. The zero-order chi connectivity index (χ0) is 27.3. The summed E-state index contributed by atoms with van der Waals surface area (Å²) in [6, 6.07) is 6.73. The predicted octanol–water partition coefficient (Wildman–Crippen LogP) is 4.76. The van der Waals surface area contributed by atoms with Gasteiger partial charge in [-0.25, -0.2) is 4.39 Å². The third kappa shape index (κ3) is 5.76. The van der Waals surface area contributed by atoms with Crippen molar-refractivity contribution in [2.24, 2.45) is 5.92 Å². The molecule has 1 saturated carbocycles. The van der Waals surface area contributed by atoms with Crippen LogP contribution in [-0.4, -0.2) is 47.1 Å². The molecule has 2 aliphatic rings. The van der Waals surface area contributed by atoms with E-state index in [9.17, 15) is 32.6 Å². The fourth-order valence-corrected chi connectivity index (χ4v) is 5.05. The third-order valence-electron chi connectivity index (χ3n) is 7.03. The minimum absolute atomic E-state index is 0.0149. The van der Waals surface area contributed by atoms with E-state index in [1.54, 1.807) is 13.8 Å². The first-order valence-corrected chi connectivity index (χ1v) is 12.1. The number of aliphatic carboxylic acids is 1. The van der Waals surface area contributed by atoms with Crippen LogP contribution in [0.2, 0.25) is 0 Å². The molecular formula is C27H31F4NO5. The van der Waals surface area contributed by atoms with Crippen LogP contribution in [0.5, 0.6) is 5.75 Å². The molecule has 0 saturated heterocycles. The second-order valence-corrected chi connectivity index (χ2v) is 10.6. The molecule has 202 valence electrons. The fraction of sp³-hybridized carbons (Fsp3) is 0.519. The second-order valence-electron chi connectivity index (χ2n) is 10.6. The van der Waals surface area contributed by atoms with Crippen molar-refractivity contribution < 1.29 is 42.0 Å². The number of carboxylic acid groups (broad SMARTS) is 1. The van der Waals surface area contributed by atoms with Gasteiger partial charge in [0.2, 0.25) is 0 Å². The van der Waals surface area contributed by atoms with E-state index in [1.165, 1.54) is 6.07 Å². The first-order valence-electron chi connectivity index (χ1n) is 12.1. The highest BCUT2D eigenvalue weighted by atomic mass is 19.4. The lowest BCUT2D eigenvalue weighted by Gasteiger charge is -2.29. The minimum atomic E-state index is -4.78. The van der Waals surface area contributed by atoms with E-state index in [2.05, 4.69) is 5.32 Å². The number of aliphatic hydroxyl groups is 1. The molecule has 4 rings (SSSR count). The first kappa shape index (κ1) is 27.3. The number of hydrogen-bond acceptors (Lipinski definition) is 5. The zero-order valence-corrected chi connectivity index (χ0v) is 21.0. The number of fused-ring (bicyclic) bond motifs is 3. The molecule has 0 aromatic heterocycles. The van der Waals surface area contributed by atoms with E-state index in [0.29, 0.717) is 11.3 Å². The van der Waals surface area contributed by atoms with Gasteiger partial charge in [-0.3, -0.25) is 4.79 Å². The molecule has 0 amide bonds. The summed E-state index contributed by atoms with van der Waals surface area (Å²) in [5, 5.41) is 23.0. The van der Waals surface area contributed by atoms with Crippen LogP contribution in [0.15, 0.2) is 30.3 Å². The molecule has 1 fully saturated rings. The maximum absolute atomic E-state index is 13.6. The highest BCUT2D eigenvalue weighted by Crippen LogP contribution is 2.61. The lowest BCUT2D eigenvalue weighted by molar-refractivity contribution is -0.140. The van der Waals surface area contributed by atoms with Crippen molar-refractivity contribution in [3.8, 4) is 5.75 Å². The summed E-state index contributed by atoms with van der Waals surface area (Å²) >= 11 is 0. The largest absolute Gasteiger partial charge is 0.488 e. The van der Waals surface area contributed by atoms with Gasteiger partial charge in [-0.15, -0.1) is 0 Å². The third-order valence-corrected chi connectivity index (χ3v) is 7.03. The summed E-state index contributed by atoms with van der Waals surface area (Å²) in [4.78, 5) is 11.5. The Hall–Kier alpha value is -2.69. The number of β-amino-alcohol motifs (C(OH)–C–C–N with tert-alkyl or cyclic N) is 1. The van der Waals surface area contributed by atoms with Gasteiger partial charge < -0.3 is 25.0 Å². The monoisotopic (exact) mass is 525 g/mol. The Balaban J connectivity index is 1.32. The van der Waals surface area contributed by atoms with E-state index in [1.807, 2.05) is 26.0 Å². The molecule has 1 unspecified atom stereocenters. The van der Waals surface area contributed by atoms with E-state index in [0.717, 1.165) is 28.8 Å². The van der Waals surface area contributed by atoms with Crippen LogP contribution in [0, 0.1) is 18.7 Å². The van der Waals surface area contributed by atoms with Crippen LogP contribution in [0.3, 0.4) is 0 Å². The Labute approximate surface area is 212 Å². The van der Waals surface area contributed by atoms with Gasteiger partial charge in [0.05, 0.1) is 24.4 Å². The van der Waals surface area contributed by atoms with Crippen molar-refractivity contribution in [1.29, 1.82) is 0 Å². The zero-order valence-electron chi connectivity index (χ0n) is 21.0. The van der Waals surface area contributed by atoms with Crippen molar-refractivity contribution in [3.63, 3.8) is 0 Å². The lowest BCUT2D eigenvalue weighted by atomic mass is 9.93. The lowest BCUT2D eigenvalue weighted by Crippen LogP contribution is -2.46. The number of carboxylic acids is 1. The smallest absolute Gasteiger partial charge is 0.419 e. The molecule has 10 heteroatoms. The Morgan fingerprint density at radius 2 is 1.92 bits per heavy atom. The molecular weight excluding hydrogens is 494 g/mol. The van der Waals surface area contributed by atoms with Gasteiger partial charge in [0.15, 0.2) is 0 Å². The summed E-state index contributed by atoms with van der Waals surface area (Å²) in [6.45, 7) is 7.39. The van der Waals surface area contributed by atoms with Crippen LogP contribution in [0.25, 0.3) is 0 Å². The SMILES string of the molecule is Cc1ccc([C@@H](C)OCC(O)CNC(C)(C)Cc2ccc(F)c(C(F)(F)F)c2)c2c1O[C@@H]1[C@@H](C(=O)O)[C@H]21. The summed E-state index contributed by atoms with van der Waals surface area (Å²) in [5.74, 6) is -2.26. The van der Waals surface area contributed by atoms with Crippen molar-refractivity contribution >= 4 is 5.97 Å². The molecule has 5 atom stereocenters. The van der Waals surface area contributed by atoms with Crippen LogP contribution in [-0.2, 0) is 22.1 Å². The Kier molecular flexibility index (Phi) is 7.31. The van der Waals surface area contributed by atoms with Gasteiger partial charge >= 0.3 is 12.1 Å². The van der Waals surface area contributed by atoms with Crippen LogP contribution >= 0.6 is 0 Å².